The van der Waals surface area contributed by atoms with Crippen LogP contribution in [0.25, 0.3) is 0 Å². The van der Waals surface area contributed by atoms with Crippen LogP contribution in [0.4, 0.5) is 11.4 Å². The van der Waals surface area contributed by atoms with Crippen molar-refractivity contribution in [2.45, 2.75) is 32.6 Å². The average Bonchev–Trinajstić information content (AvgIpc) is 3.37. The van der Waals surface area contributed by atoms with Gasteiger partial charge in [0, 0.05) is 18.7 Å². The van der Waals surface area contributed by atoms with Crippen LogP contribution in [0.2, 0.25) is 0 Å². The largest absolute Gasteiger partial charge is 0.426 e. The highest BCUT2D eigenvalue weighted by atomic mass is 16.5. The van der Waals surface area contributed by atoms with Gasteiger partial charge in [-0.15, -0.1) is 0 Å². The van der Waals surface area contributed by atoms with Gasteiger partial charge in [-0.25, -0.2) is 0 Å². The van der Waals surface area contributed by atoms with Crippen molar-refractivity contribution in [3.63, 3.8) is 0 Å². The van der Waals surface area contributed by atoms with E-state index < -0.39 is 11.9 Å². The molecule has 2 heterocycles. The van der Waals surface area contributed by atoms with Crippen LogP contribution < -0.4 is 14.5 Å². The van der Waals surface area contributed by atoms with Gasteiger partial charge in [0.25, 0.3) is 0 Å². The second-order valence-corrected chi connectivity index (χ2v) is 8.97. The summed E-state index contributed by atoms with van der Waals surface area (Å²) in [6, 6.07) is 14.1. The number of fused-ring (bicyclic) bond motifs is 1. The number of hydrogen-bond acceptors (Lipinski definition) is 5. The van der Waals surface area contributed by atoms with Gasteiger partial charge >= 0.3 is 5.97 Å². The van der Waals surface area contributed by atoms with E-state index in [1.54, 1.807) is 29.2 Å². The quantitative estimate of drug-likeness (QED) is 0.296. The van der Waals surface area contributed by atoms with Gasteiger partial charge in [-0.05, 0) is 55.2 Å². The zero-order valence-electron chi connectivity index (χ0n) is 19.0. The first-order valence-electron chi connectivity index (χ1n) is 11.7. The second-order valence-electron chi connectivity index (χ2n) is 8.97. The van der Waals surface area contributed by atoms with Crippen LogP contribution in [0, 0.1) is 17.8 Å². The van der Waals surface area contributed by atoms with E-state index in [0.29, 0.717) is 24.3 Å². The Morgan fingerprint density at radius 2 is 1.59 bits per heavy atom. The summed E-state index contributed by atoms with van der Waals surface area (Å²) in [5, 5.41) is 0. The maximum atomic E-state index is 12.8. The fraction of sp³-hybridized carbons (Fsp3) is 0.333. The first-order valence-corrected chi connectivity index (χ1v) is 11.7. The van der Waals surface area contributed by atoms with E-state index in [0.717, 1.165) is 17.7 Å². The molecule has 0 spiro atoms. The minimum absolute atomic E-state index is 0.0970. The molecule has 3 amide bonds. The number of aryl methyl sites for hydroxylation is 1. The van der Waals surface area contributed by atoms with E-state index >= 15 is 0 Å². The lowest BCUT2D eigenvalue weighted by Gasteiger charge is -2.19. The molecule has 2 aromatic rings. The Kier molecular flexibility index (Phi) is 5.77. The van der Waals surface area contributed by atoms with Crippen LogP contribution >= 0.6 is 0 Å². The van der Waals surface area contributed by atoms with Crippen molar-refractivity contribution in [3.05, 3.63) is 66.2 Å². The predicted molar refractivity (Wildman–Crippen MR) is 126 cm³/mol. The van der Waals surface area contributed by atoms with Crippen LogP contribution in [0.3, 0.4) is 0 Å². The van der Waals surface area contributed by atoms with Crippen LogP contribution in [-0.4, -0.2) is 30.2 Å². The maximum Gasteiger partial charge on any atom is 0.316 e. The van der Waals surface area contributed by atoms with Gasteiger partial charge in [-0.1, -0.05) is 37.3 Å². The lowest BCUT2D eigenvalue weighted by Crippen LogP contribution is -2.30. The van der Waals surface area contributed by atoms with Crippen molar-refractivity contribution in [1.29, 1.82) is 0 Å². The highest BCUT2D eigenvalue weighted by molar-refractivity contribution is 6.22. The fourth-order valence-corrected chi connectivity index (χ4v) is 5.09. The van der Waals surface area contributed by atoms with Crippen molar-refractivity contribution in [3.8, 4) is 5.75 Å². The molecule has 7 nitrogen and oxygen atoms in total. The Hall–Kier alpha value is -3.74. The number of hydrogen-bond donors (Lipinski definition) is 0. The molecule has 1 aliphatic carbocycles. The first-order chi connectivity index (χ1) is 16.5. The molecule has 0 aromatic heterocycles. The average molecular weight is 459 g/mol. The Bertz CT molecular complexity index is 1160. The number of amides is 3. The molecule has 3 atom stereocenters. The molecule has 2 aromatic carbocycles. The van der Waals surface area contributed by atoms with E-state index in [1.807, 2.05) is 43.3 Å². The zero-order valence-corrected chi connectivity index (χ0v) is 19.0. The third kappa shape index (κ3) is 3.81. The van der Waals surface area contributed by atoms with E-state index in [9.17, 15) is 19.2 Å². The molecule has 34 heavy (non-hydrogen) atoms. The van der Waals surface area contributed by atoms with Gasteiger partial charge in [-0.3, -0.25) is 24.1 Å². The fourth-order valence-electron chi connectivity index (χ4n) is 5.09. The predicted octanol–water partition coefficient (Wildman–Crippen LogP) is 3.66. The van der Waals surface area contributed by atoms with Crippen molar-refractivity contribution < 1.29 is 23.9 Å². The number of carbonyl (C=O) groups is 4. The topological polar surface area (TPSA) is 84.0 Å². The van der Waals surface area contributed by atoms with Crippen LogP contribution in [-0.2, 0) is 25.6 Å². The van der Waals surface area contributed by atoms with Crippen molar-refractivity contribution >= 4 is 35.1 Å². The number of esters is 1. The summed E-state index contributed by atoms with van der Waals surface area (Å²) in [5.74, 6) is -1.77. The summed E-state index contributed by atoms with van der Waals surface area (Å²) in [6.07, 6.45) is 5.97. The highest BCUT2D eigenvalue weighted by Gasteiger charge is 2.47. The molecule has 3 aliphatic rings. The van der Waals surface area contributed by atoms with Crippen LogP contribution in [0.15, 0.2) is 60.7 Å². The molecular weight excluding hydrogens is 432 g/mol. The number of rotatable bonds is 5. The molecule has 2 fully saturated rings. The van der Waals surface area contributed by atoms with E-state index in [2.05, 4.69) is 0 Å². The number of benzene rings is 2. The van der Waals surface area contributed by atoms with Gasteiger partial charge < -0.3 is 9.64 Å². The number of para-hydroxylation sites is 1. The van der Waals surface area contributed by atoms with Crippen LogP contribution in [0.5, 0.6) is 5.75 Å². The Balaban J connectivity index is 1.25. The number of allylic oxidation sites excluding steroid dienone is 2. The molecular formula is C27H26N2O5. The molecule has 2 aliphatic heterocycles. The molecule has 7 heteroatoms. The minimum atomic E-state index is -0.561. The Labute approximate surface area is 198 Å². The monoisotopic (exact) mass is 458 g/mol. The second kappa shape index (κ2) is 8.89. The summed E-state index contributed by atoms with van der Waals surface area (Å²) in [7, 11) is 0. The lowest BCUT2D eigenvalue weighted by molar-refractivity contribution is -0.139. The van der Waals surface area contributed by atoms with Gasteiger partial charge in [0.05, 0.1) is 23.4 Å². The summed E-state index contributed by atoms with van der Waals surface area (Å²) in [4.78, 5) is 53.8. The smallest absolute Gasteiger partial charge is 0.316 e. The first kappa shape index (κ1) is 22.1. The SMILES string of the molecule is CCc1ccccc1N1C[C@@H](C(=O)Oc2ccc(N3C(=O)[C@H]4CC=CC[C@H]4C3=O)cc2)CC1=O. The van der Waals surface area contributed by atoms with E-state index in [4.69, 9.17) is 4.74 Å². The van der Waals surface area contributed by atoms with E-state index in [-0.39, 0.29) is 42.5 Å². The molecule has 0 unspecified atom stereocenters. The third-order valence-electron chi connectivity index (χ3n) is 6.94. The summed E-state index contributed by atoms with van der Waals surface area (Å²) >= 11 is 0. The van der Waals surface area contributed by atoms with Crippen molar-refractivity contribution in [2.24, 2.45) is 17.8 Å². The lowest BCUT2D eigenvalue weighted by atomic mass is 9.85. The van der Waals surface area contributed by atoms with Crippen molar-refractivity contribution in [1.82, 2.24) is 0 Å². The van der Waals surface area contributed by atoms with Crippen LogP contribution in [0.1, 0.15) is 31.7 Å². The Morgan fingerprint density at radius 1 is 0.941 bits per heavy atom. The normalized spacial score (nSPS) is 24.0. The number of nitrogens with zero attached hydrogens (tertiary/aromatic N) is 2. The summed E-state index contributed by atoms with van der Waals surface area (Å²) in [5.41, 5.74) is 2.37. The number of ether oxygens (including phenoxy) is 1. The molecule has 5 rings (SSSR count). The third-order valence-corrected chi connectivity index (χ3v) is 6.94. The molecule has 174 valence electrons. The molecule has 0 radical (unpaired) electrons. The Morgan fingerprint density at radius 3 is 2.24 bits per heavy atom. The highest BCUT2D eigenvalue weighted by Crippen LogP contribution is 2.38. The van der Waals surface area contributed by atoms with Gasteiger partial charge in [0.2, 0.25) is 17.7 Å². The molecule has 0 bridgehead atoms. The maximum absolute atomic E-state index is 12.8. The van der Waals surface area contributed by atoms with E-state index in [1.165, 1.54) is 4.90 Å². The number of imide groups is 1. The number of carbonyl (C=O) groups excluding carboxylic acids is 4. The standard InChI is InChI=1S/C27H26N2O5/c1-2-17-7-3-6-10-23(17)28-16-18(15-24(28)30)27(33)34-20-13-11-19(12-14-20)29-25(31)21-8-4-5-9-22(21)26(29)32/h3-7,10-14,18,21-22H,2,8-9,15-16H2,1H3/t18-,21-,22+/m0/s1. The van der Waals surface area contributed by atoms with Crippen molar-refractivity contribution in [2.75, 3.05) is 16.3 Å². The molecule has 0 N–H and O–H groups in total. The zero-order chi connectivity index (χ0) is 23.8. The van der Waals surface area contributed by atoms with Gasteiger partial charge in [0.1, 0.15) is 5.75 Å². The molecule has 2 saturated heterocycles. The minimum Gasteiger partial charge on any atom is -0.426 e. The number of anilines is 2. The summed E-state index contributed by atoms with van der Waals surface area (Å²) in [6.45, 7) is 2.31. The van der Waals surface area contributed by atoms with Gasteiger partial charge in [0.15, 0.2) is 0 Å². The molecule has 0 saturated carbocycles. The summed E-state index contributed by atoms with van der Waals surface area (Å²) < 4.78 is 5.54. The van der Waals surface area contributed by atoms with Gasteiger partial charge in [-0.2, -0.15) is 0 Å².